The zero-order chi connectivity index (χ0) is 40.3. The summed E-state index contributed by atoms with van der Waals surface area (Å²) < 4.78 is 34.0. The van der Waals surface area contributed by atoms with Crippen LogP contribution < -0.4 is 0 Å². The summed E-state index contributed by atoms with van der Waals surface area (Å²) in [6.07, 6.45) is 10.1. The summed E-state index contributed by atoms with van der Waals surface area (Å²) in [6.45, 7) is 3.58. The van der Waals surface area contributed by atoms with Crippen LogP contribution in [0, 0.1) is 0 Å². The summed E-state index contributed by atoms with van der Waals surface area (Å²) in [5, 5.41) is 71.7. The second-order valence-electron chi connectivity index (χ2n) is 15.2. The van der Waals surface area contributed by atoms with Crippen LogP contribution in [0.2, 0.25) is 0 Å². The van der Waals surface area contributed by atoms with Crippen LogP contribution in [-0.2, 0) is 33.2 Å². The summed E-state index contributed by atoms with van der Waals surface area (Å²) >= 11 is 0. The number of ether oxygens (including phenoxy) is 6. The van der Waals surface area contributed by atoms with E-state index in [1.807, 2.05) is 0 Å². The third-order valence-electron chi connectivity index (χ3n) is 10.3. The van der Waals surface area contributed by atoms with E-state index in [9.17, 15) is 40.5 Å². The van der Waals surface area contributed by atoms with Gasteiger partial charge in [0, 0.05) is 13.0 Å². The molecule has 2 rings (SSSR count). The molecule has 0 amide bonds. The number of aliphatic hydroxyl groups excluding tert-OH is 7. The average Bonchev–Trinajstić information content (AvgIpc) is 3.18. The van der Waals surface area contributed by atoms with Crippen molar-refractivity contribution in [1.29, 1.82) is 0 Å². The predicted molar refractivity (Wildman–Crippen MR) is 206 cm³/mol. The first kappa shape index (κ1) is 49.9. The molecule has 2 fully saturated rings. The van der Waals surface area contributed by atoms with E-state index in [2.05, 4.69) is 26.0 Å². The Morgan fingerprint density at radius 1 is 0.582 bits per heavy atom. The first-order valence-electron chi connectivity index (χ1n) is 21.3. The molecule has 0 aromatic heterocycles. The van der Waals surface area contributed by atoms with Crippen LogP contribution in [0.5, 0.6) is 0 Å². The number of hydrogen-bond donors (Lipinski definition) is 7. The van der Waals surface area contributed by atoms with Gasteiger partial charge in [0.1, 0.15) is 54.9 Å². The van der Waals surface area contributed by atoms with Crippen molar-refractivity contribution in [3.05, 3.63) is 12.2 Å². The van der Waals surface area contributed by atoms with E-state index in [0.717, 1.165) is 51.4 Å². The highest BCUT2D eigenvalue weighted by Gasteiger charge is 2.47. The molecule has 14 nitrogen and oxygen atoms in total. The highest BCUT2D eigenvalue weighted by atomic mass is 16.7. The Bertz CT molecular complexity index is 969. The van der Waals surface area contributed by atoms with Gasteiger partial charge in [-0.1, -0.05) is 116 Å². The molecule has 14 heteroatoms. The molecule has 0 radical (unpaired) electrons. The highest BCUT2D eigenvalue weighted by molar-refractivity contribution is 5.69. The van der Waals surface area contributed by atoms with Gasteiger partial charge in [0.15, 0.2) is 12.6 Å². The number of hydrogen-bond acceptors (Lipinski definition) is 14. The zero-order valence-electron chi connectivity index (χ0n) is 33.7. The summed E-state index contributed by atoms with van der Waals surface area (Å²) in [4.78, 5) is 12.8. The third-order valence-corrected chi connectivity index (χ3v) is 10.3. The van der Waals surface area contributed by atoms with E-state index in [-0.39, 0.29) is 25.6 Å². The SMILES string of the molecule is CCC/C=C\CCCCCCCCOCC(COC1OC(COC2OC(CO)C(O)C(O)C2O)C(O)C(O)C1O)OC(=O)CCCCCCCCCCCC. The van der Waals surface area contributed by atoms with Crippen molar-refractivity contribution in [2.75, 3.05) is 33.0 Å². The van der Waals surface area contributed by atoms with Gasteiger partial charge in [-0.05, 0) is 32.1 Å². The van der Waals surface area contributed by atoms with Gasteiger partial charge in [-0.15, -0.1) is 0 Å². The fraction of sp³-hybridized carbons (Fsp3) is 0.927. The molecule has 324 valence electrons. The zero-order valence-corrected chi connectivity index (χ0v) is 33.7. The van der Waals surface area contributed by atoms with Crippen molar-refractivity contribution in [2.45, 2.75) is 210 Å². The van der Waals surface area contributed by atoms with E-state index >= 15 is 0 Å². The maximum absolute atomic E-state index is 12.8. The fourth-order valence-corrected chi connectivity index (χ4v) is 6.70. The van der Waals surface area contributed by atoms with Gasteiger partial charge in [0.25, 0.3) is 0 Å². The van der Waals surface area contributed by atoms with E-state index in [1.165, 1.54) is 64.2 Å². The van der Waals surface area contributed by atoms with Gasteiger partial charge < -0.3 is 64.2 Å². The van der Waals surface area contributed by atoms with Crippen molar-refractivity contribution < 1.29 is 69.0 Å². The van der Waals surface area contributed by atoms with Crippen LogP contribution in [0.15, 0.2) is 12.2 Å². The molecule has 7 N–H and O–H groups in total. The third kappa shape index (κ3) is 20.3. The molecule has 0 bridgehead atoms. The molecule has 11 atom stereocenters. The van der Waals surface area contributed by atoms with Crippen LogP contribution in [0.3, 0.4) is 0 Å². The number of unbranched alkanes of at least 4 members (excludes halogenated alkanes) is 16. The van der Waals surface area contributed by atoms with Crippen molar-refractivity contribution >= 4 is 5.97 Å². The Labute approximate surface area is 329 Å². The quantitative estimate of drug-likeness (QED) is 0.0292. The molecule has 0 spiro atoms. The summed E-state index contributed by atoms with van der Waals surface area (Å²) in [7, 11) is 0. The number of carbonyl (C=O) groups is 1. The lowest BCUT2D eigenvalue weighted by Gasteiger charge is -2.42. The van der Waals surface area contributed by atoms with Gasteiger partial charge in [0.2, 0.25) is 0 Å². The van der Waals surface area contributed by atoms with Gasteiger partial charge in [-0.3, -0.25) is 4.79 Å². The second kappa shape index (κ2) is 30.8. The molecule has 2 heterocycles. The molecule has 0 saturated carbocycles. The van der Waals surface area contributed by atoms with Crippen molar-refractivity contribution in [1.82, 2.24) is 0 Å². The number of aliphatic hydroxyl groups is 7. The number of allylic oxidation sites excluding steroid dienone is 2. The maximum Gasteiger partial charge on any atom is 0.306 e. The Hall–Kier alpha value is -1.27. The van der Waals surface area contributed by atoms with E-state index in [1.54, 1.807) is 0 Å². The lowest BCUT2D eigenvalue weighted by Crippen LogP contribution is -2.61. The monoisotopic (exact) mass is 793 g/mol. The Morgan fingerprint density at radius 2 is 1.11 bits per heavy atom. The molecule has 2 aliphatic rings. The lowest BCUT2D eigenvalue weighted by atomic mass is 9.98. The molecule has 2 saturated heterocycles. The topological polar surface area (TPSA) is 214 Å². The molecule has 2 aliphatic heterocycles. The van der Waals surface area contributed by atoms with Crippen molar-refractivity contribution in [3.63, 3.8) is 0 Å². The fourth-order valence-electron chi connectivity index (χ4n) is 6.70. The lowest BCUT2D eigenvalue weighted by molar-refractivity contribution is -0.332. The van der Waals surface area contributed by atoms with Crippen LogP contribution >= 0.6 is 0 Å². The minimum atomic E-state index is -1.70. The molecule has 0 aliphatic carbocycles. The number of rotatable bonds is 32. The Morgan fingerprint density at radius 3 is 1.73 bits per heavy atom. The first-order chi connectivity index (χ1) is 26.6. The minimum absolute atomic E-state index is 0.0610. The normalized spacial score (nSPS) is 29.2. The number of esters is 1. The van der Waals surface area contributed by atoms with Gasteiger partial charge in [-0.25, -0.2) is 0 Å². The largest absolute Gasteiger partial charge is 0.457 e. The maximum atomic E-state index is 12.8. The van der Waals surface area contributed by atoms with Crippen molar-refractivity contribution in [2.24, 2.45) is 0 Å². The summed E-state index contributed by atoms with van der Waals surface area (Å²) in [6, 6.07) is 0. The van der Waals surface area contributed by atoms with Crippen LogP contribution in [-0.4, -0.2) is 142 Å². The Balaban J connectivity index is 1.85. The van der Waals surface area contributed by atoms with Crippen LogP contribution in [0.4, 0.5) is 0 Å². The summed E-state index contributed by atoms with van der Waals surface area (Å²) in [5.74, 6) is -0.382. The molecular formula is C41H76O14. The minimum Gasteiger partial charge on any atom is -0.457 e. The smallest absolute Gasteiger partial charge is 0.306 e. The van der Waals surface area contributed by atoms with E-state index < -0.39 is 80.7 Å². The molecule has 11 unspecified atom stereocenters. The van der Waals surface area contributed by atoms with E-state index in [0.29, 0.717) is 13.0 Å². The predicted octanol–water partition coefficient (Wildman–Crippen LogP) is 3.95. The molecule has 0 aromatic rings. The van der Waals surface area contributed by atoms with Crippen molar-refractivity contribution in [3.8, 4) is 0 Å². The second-order valence-corrected chi connectivity index (χ2v) is 15.2. The van der Waals surface area contributed by atoms with E-state index in [4.69, 9.17) is 28.4 Å². The number of carbonyl (C=O) groups excluding carboxylic acids is 1. The van der Waals surface area contributed by atoms with Gasteiger partial charge in [-0.2, -0.15) is 0 Å². The summed E-state index contributed by atoms with van der Waals surface area (Å²) in [5.41, 5.74) is 0. The van der Waals surface area contributed by atoms with Gasteiger partial charge in [0.05, 0.1) is 26.4 Å². The first-order valence-corrected chi connectivity index (χ1v) is 21.3. The Kier molecular flexibility index (Phi) is 27.9. The van der Waals surface area contributed by atoms with Gasteiger partial charge >= 0.3 is 5.97 Å². The van der Waals surface area contributed by atoms with Crippen LogP contribution in [0.1, 0.15) is 142 Å². The standard InChI is InChI=1S/C41H76O14/c1-3-5-7-9-11-13-15-17-19-21-23-25-50-27-30(53-33(43)24-22-20-18-16-14-12-10-8-6-4-2)28-51-40-39(49)37(47)35(45)32(55-40)29-52-41-38(48)36(46)34(44)31(26-42)54-41/h7,9,30-32,34-42,44-49H,3-6,8,10-29H2,1-2H3/b9-7-. The van der Waals surface area contributed by atoms with Crippen LogP contribution in [0.25, 0.3) is 0 Å². The molecule has 55 heavy (non-hydrogen) atoms. The average molecular weight is 793 g/mol. The molecule has 0 aromatic carbocycles. The highest BCUT2D eigenvalue weighted by Crippen LogP contribution is 2.26. The molecular weight excluding hydrogens is 716 g/mol.